The maximum absolute atomic E-state index is 7.90. The number of rotatable bonds is 0. The predicted molar refractivity (Wildman–Crippen MR) is 51.1 cm³/mol. The van der Waals surface area contributed by atoms with Crippen molar-refractivity contribution in [2.24, 2.45) is 0 Å². The second kappa shape index (κ2) is 3.15. The van der Waals surface area contributed by atoms with Crippen molar-refractivity contribution in [3.63, 3.8) is 0 Å². The average molecular weight is 166 g/mol. The third-order valence-electron chi connectivity index (χ3n) is 1.85. The number of nitrogen functional groups attached to an aromatic ring is 1. The molecule has 3 N–H and O–H groups in total. The second-order valence-corrected chi connectivity index (χ2v) is 2.76. The predicted octanol–water partition coefficient (Wildman–Crippen LogP) is 0.957. The van der Waals surface area contributed by atoms with Crippen LogP contribution >= 0.6 is 0 Å². The molecule has 1 aliphatic rings. The molecular formula is C10H14N2. The van der Waals surface area contributed by atoms with Gasteiger partial charge in [0.15, 0.2) is 0 Å². The Morgan fingerprint density at radius 3 is 2.83 bits per heavy atom. The standard InChI is InChI=1S/C10H14N2/c11-10-2-1-8-3-5-12-6-4-9(8)7-10/h1-2,7,12H,3-6,11H2/i3D2,4D2. The first-order valence-electron chi connectivity index (χ1n) is 5.94. The first kappa shape index (κ1) is 4.28. The van der Waals surface area contributed by atoms with Gasteiger partial charge in [-0.05, 0) is 49.1 Å². The molecular weight excluding hydrogens is 148 g/mol. The number of hydrogen-bond donors (Lipinski definition) is 2. The van der Waals surface area contributed by atoms with Crippen molar-refractivity contribution in [3.8, 4) is 0 Å². The SMILES string of the molecule is [2H]C1([2H])CNCC([2H])([2H])c2cc(N)ccc21. The van der Waals surface area contributed by atoms with Crippen LogP contribution in [0.2, 0.25) is 0 Å². The molecule has 2 heteroatoms. The van der Waals surface area contributed by atoms with Crippen LogP contribution in [0.25, 0.3) is 0 Å². The third kappa shape index (κ3) is 1.43. The van der Waals surface area contributed by atoms with Crippen molar-refractivity contribution in [1.82, 2.24) is 5.32 Å². The fraction of sp³-hybridized carbons (Fsp3) is 0.400. The quantitative estimate of drug-likeness (QED) is 0.563. The molecule has 0 saturated heterocycles. The summed E-state index contributed by atoms with van der Waals surface area (Å²) in [7, 11) is 0. The molecule has 0 aromatic heterocycles. The van der Waals surface area contributed by atoms with Gasteiger partial charge in [-0.15, -0.1) is 0 Å². The van der Waals surface area contributed by atoms with Gasteiger partial charge in [-0.1, -0.05) is 6.07 Å². The Hall–Kier alpha value is -1.02. The van der Waals surface area contributed by atoms with Gasteiger partial charge in [0.1, 0.15) is 0 Å². The molecule has 0 unspecified atom stereocenters. The van der Waals surface area contributed by atoms with Crippen LogP contribution in [0.1, 0.15) is 16.6 Å². The molecule has 64 valence electrons. The van der Waals surface area contributed by atoms with Crippen molar-refractivity contribution in [2.75, 3.05) is 18.8 Å². The van der Waals surface area contributed by atoms with E-state index in [9.17, 15) is 0 Å². The fourth-order valence-corrected chi connectivity index (χ4v) is 1.24. The molecule has 12 heavy (non-hydrogen) atoms. The summed E-state index contributed by atoms with van der Waals surface area (Å²) in [6, 6.07) is 4.72. The molecule has 0 amide bonds. The van der Waals surface area contributed by atoms with Gasteiger partial charge in [-0.25, -0.2) is 0 Å². The molecule has 0 atom stereocenters. The molecule has 0 spiro atoms. The molecule has 0 fully saturated rings. The summed E-state index contributed by atoms with van der Waals surface area (Å²) in [6.07, 6.45) is -3.15. The maximum Gasteiger partial charge on any atom is 0.0329 e. The van der Waals surface area contributed by atoms with E-state index in [1.807, 2.05) is 0 Å². The summed E-state index contributed by atoms with van der Waals surface area (Å²) >= 11 is 0. The number of nitrogens with one attached hydrogen (secondary N) is 1. The van der Waals surface area contributed by atoms with Gasteiger partial charge in [0, 0.05) is 11.2 Å². The minimum absolute atomic E-state index is 0.100. The Labute approximate surface area is 78.4 Å². The summed E-state index contributed by atoms with van der Waals surface area (Å²) in [4.78, 5) is 0. The Morgan fingerprint density at radius 2 is 2.00 bits per heavy atom. The summed E-state index contributed by atoms with van der Waals surface area (Å²) < 4.78 is 31.6. The molecule has 1 heterocycles. The fourth-order valence-electron chi connectivity index (χ4n) is 1.24. The zero-order valence-corrected chi connectivity index (χ0v) is 6.72. The van der Waals surface area contributed by atoms with Crippen molar-refractivity contribution in [3.05, 3.63) is 29.3 Å². The smallest absolute Gasteiger partial charge is 0.0329 e. The van der Waals surface area contributed by atoms with E-state index < -0.39 is 12.7 Å². The first-order chi connectivity index (χ1) is 7.33. The molecule has 1 aromatic rings. The van der Waals surface area contributed by atoms with Crippen LogP contribution in [0.15, 0.2) is 18.2 Å². The van der Waals surface area contributed by atoms with E-state index in [1.165, 1.54) is 6.07 Å². The Bertz CT molecular complexity index is 417. The highest BCUT2D eigenvalue weighted by molar-refractivity contribution is 5.45. The maximum atomic E-state index is 7.90. The topological polar surface area (TPSA) is 38.0 Å². The van der Waals surface area contributed by atoms with Crippen molar-refractivity contribution < 1.29 is 5.48 Å². The van der Waals surface area contributed by atoms with E-state index in [0.717, 1.165) is 0 Å². The molecule has 0 radical (unpaired) electrons. The van der Waals surface area contributed by atoms with Gasteiger partial charge < -0.3 is 11.1 Å². The van der Waals surface area contributed by atoms with Gasteiger partial charge in [0.2, 0.25) is 0 Å². The minimum atomic E-state index is -1.59. The Kier molecular flexibility index (Phi) is 1.12. The highest BCUT2D eigenvalue weighted by Gasteiger charge is 2.06. The van der Waals surface area contributed by atoms with Crippen LogP contribution in [0, 0.1) is 0 Å². The Morgan fingerprint density at radius 1 is 1.25 bits per heavy atom. The van der Waals surface area contributed by atoms with E-state index in [2.05, 4.69) is 5.32 Å². The highest BCUT2D eigenvalue weighted by atomic mass is 14.8. The van der Waals surface area contributed by atoms with Gasteiger partial charge in [0.25, 0.3) is 0 Å². The summed E-state index contributed by atoms with van der Waals surface area (Å²) in [5.74, 6) is 0. The lowest BCUT2D eigenvalue weighted by Gasteiger charge is -2.04. The number of hydrogen-bond acceptors (Lipinski definition) is 2. The van der Waals surface area contributed by atoms with Crippen LogP contribution in [-0.2, 0) is 12.7 Å². The van der Waals surface area contributed by atoms with Crippen molar-refractivity contribution in [1.29, 1.82) is 0 Å². The number of benzene rings is 1. The number of nitrogens with two attached hydrogens (primary N) is 1. The molecule has 2 nitrogen and oxygen atoms in total. The van der Waals surface area contributed by atoms with Crippen LogP contribution in [0.3, 0.4) is 0 Å². The van der Waals surface area contributed by atoms with E-state index in [-0.39, 0.29) is 13.1 Å². The second-order valence-electron chi connectivity index (χ2n) is 2.76. The van der Waals surface area contributed by atoms with Crippen molar-refractivity contribution >= 4 is 5.69 Å². The minimum Gasteiger partial charge on any atom is -0.399 e. The molecule has 0 saturated carbocycles. The van der Waals surface area contributed by atoms with Crippen molar-refractivity contribution in [2.45, 2.75) is 12.7 Å². The third-order valence-corrected chi connectivity index (χ3v) is 1.85. The van der Waals surface area contributed by atoms with Gasteiger partial charge in [-0.2, -0.15) is 0 Å². The van der Waals surface area contributed by atoms with Gasteiger partial charge in [-0.3, -0.25) is 0 Å². The summed E-state index contributed by atoms with van der Waals surface area (Å²) in [6.45, 7) is 0.215. The largest absolute Gasteiger partial charge is 0.399 e. The van der Waals surface area contributed by atoms with Gasteiger partial charge >= 0.3 is 0 Å². The van der Waals surface area contributed by atoms with Crippen LogP contribution < -0.4 is 11.1 Å². The summed E-state index contributed by atoms with van der Waals surface area (Å²) in [5.41, 5.74) is 6.83. The lowest BCUT2D eigenvalue weighted by Crippen LogP contribution is -2.16. The van der Waals surface area contributed by atoms with E-state index in [1.54, 1.807) is 12.1 Å². The zero-order valence-electron chi connectivity index (χ0n) is 10.7. The van der Waals surface area contributed by atoms with E-state index in [4.69, 9.17) is 11.2 Å². The molecule has 0 aliphatic carbocycles. The van der Waals surface area contributed by atoms with Crippen LogP contribution in [0.4, 0.5) is 5.69 Å². The zero-order chi connectivity index (χ0) is 12.0. The Balaban J connectivity index is 2.65. The van der Waals surface area contributed by atoms with Crippen LogP contribution in [0.5, 0.6) is 0 Å². The molecule has 2 rings (SSSR count). The van der Waals surface area contributed by atoms with E-state index >= 15 is 0 Å². The monoisotopic (exact) mass is 166 g/mol. The average Bonchev–Trinajstić information content (AvgIpc) is 2.23. The normalized spacial score (nSPS) is 30.0. The molecule has 1 aliphatic heterocycles. The molecule has 1 aromatic carbocycles. The number of fused-ring (bicyclic) bond motifs is 1. The van der Waals surface area contributed by atoms with Crippen LogP contribution in [-0.4, -0.2) is 13.1 Å². The highest BCUT2D eigenvalue weighted by Crippen LogP contribution is 2.15. The first-order valence-corrected chi connectivity index (χ1v) is 3.94. The molecule has 0 bridgehead atoms. The number of anilines is 1. The lowest BCUT2D eigenvalue weighted by atomic mass is 10.0. The van der Waals surface area contributed by atoms with Gasteiger partial charge in [0.05, 0.1) is 0 Å². The summed E-state index contributed by atoms with van der Waals surface area (Å²) in [5, 5.41) is 2.80. The van der Waals surface area contributed by atoms with E-state index in [0.29, 0.717) is 16.8 Å². The lowest BCUT2D eigenvalue weighted by molar-refractivity contribution is 0.711.